The van der Waals surface area contributed by atoms with E-state index in [-0.39, 0.29) is 5.69 Å². The maximum absolute atomic E-state index is 10.8. The van der Waals surface area contributed by atoms with E-state index in [0.717, 1.165) is 19.5 Å². The zero-order chi connectivity index (χ0) is 15.4. The van der Waals surface area contributed by atoms with Crippen molar-refractivity contribution in [3.05, 3.63) is 28.3 Å². The molecule has 1 aliphatic heterocycles. The van der Waals surface area contributed by atoms with Gasteiger partial charge in [0.05, 0.1) is 23.8 Å². The molecule has 7 heteroatoms. The van der Waals surface area contributed by atoms with E-state index in [2.05, 4.69) is 17.1 Å². The lowest BCUT2D eigenvalue weighted by molar-refractivity contribution is -0.384. The highest BCUT2D eigenvalue weighted by Crippen LogP contribution is 2.29. The van der Waals surface area contributed by atoms with Gasteiger partial charge in [0.25, 0.3) is 5.69 Å². The standard InChI is InChI=1S/C14H19N3O3S/c1-10-4-3-7-16(9-10)14(21)15-12-6-5-11(17(18)19)8-13(12)20-2/h5-6,8,10H,3-4,7,9H2,1-2H3,(H,15,21). The Morgan fingerprint density at radius 2 is 2.33 bits per heavy atom. The number of nitro groups is 1. The first-order chi connectivity index (χ1) is 10.0. The molecule has 1 aliphatic rings. The Morgan fingerprint density at radius 1 is 1.57 bits per heavy atom. The second-order valence-corrected chi connectivity index (χ2v) is 5.65. The van der Waals surface area contributed by atoms with E-state index in [4.69, 9.17) is 17.0 Å². The summed E-state index contributed by atoms with van der Waals surface area (Å²) < 4.78 is 5.20. The molecule has 0 aliphatic carbocycles. The van der Waals surface area contributed by atoms with Crippen LogP contribution < -0.4 is 10.1 Å². The normalized spacial score (nSPS) is 18.2. The smallest absolute Gasteiger partial charge is 0.273 e. The van der Waals surface area contributed by atoms with Crippen molar-refractivity contribution in [3.63, 3.8) is 0 Å². The number of nitrogens with zero attached hydrogens (tertiary/aromatic N) is 2. The summed E-state index contributed by atoms with van der Waals surface area (Å²) in [5.74, 6) is 1.04. The monoisotopic (exact) mass is 309 g/mol. The largest absolute Gasteiger partial charge is 0.494 e. The van der Waals surface area contributed by atoms with Gasteiger partial charge in [-0.15, -0.1) is 0 Å². The minimum absolute atomic E-state index is 0.00471. The van der Waals surface area contributed by atoms with Gasteiger partial charge in [-0.2, -0.15) is 0 Å². The van der Waals surface area contributed by atoms with Gasteiger partial charge in [0.2, 0.25) is 0 Å². The van der Waals surface area contributed by atoms with Gasteiger partial charge < -0.3 is 15.0 Å². The topological polar surface area (TPSA) is 67.6 Å². The summed E-state index contributed by atoms with van der Waals surface area (Å²) >= 11 is 5.43. The number of anilines is 1. The Bertz CT molecular complexity index is 550. The molecule has 114 valence electrons. The molecular formula is C14H19N3O3S. The van der Waals surface area contributed by atoms with E-state index >= 15 is 0 Å². The second-order valence-electron chi connectivity index (χ2n) is 5.27. The Hall–Kier alpha value is -1.89. The third kappa shape index (κ3) is 3.81. The lowest BCUT2D eigenvalue weighted by Gasteiger charge is -2.33. The van der Waals surface area contributed by atoms with Crippen LogP contribution in [0.4, 0.5) is 11.4 Å². The zero-order valence-electron chi connectivity index (χ0n) is 12.2. The first-order valence-electron chi connectivity index (χ1n) is 6.89. The van der Waals surface area contributed by atoms with Crippen LogP contribution in [-0.4, -0.2) is 35.1 Å². The van der Waals surface area contributed by atoms with E-state index in [0.29, 0.717) is 22.5 Å². The van der Waals surface area contributed by atoms with Crippen molar-refractivity contribution in [2.75, 3.05) is 25.5 Å². The first kappa shape index (κ1) is 15.5. The number of thiocarbonyl (C=S) groups is 1. The van der Waals surface area contributed by atoms with Gasteiger partial charge in [0, 0.05) is 19.2 Å². The molecule has 1 saturated heterocycles. The van der Waals surface area contributed by atoms with E-state index < -0.39 is 4.92 Å². The molecule has 1 aromatic rings. The summed E-state index contributed by atoms with van der Waals surface area (Å²) in [5, 5.41) is 14.5. The molecule has 0 amide bonds. The third-order valence-corrected chi connectivity index (χ3v) is 3.94. The summed E-state index contributed by atoms with van der Waals surface area (Å²) in [6.07, 6.45) is 2.35. The molecule has 0 radical (unpaired) electrons. The molecule has 1 unspecified atom stereocenters. The van der Waals surface area contributed by atoms with Crippen LogP contribution in [0.25, 0.3) is 0 Å². The van der Waals surface area contributed by atoms with Crippen LogP contribution >= 0.6 is 12.2 Å². The van der Waals surface area contributed by atoms with Crippen molar-refractivity contribution in [2.24, 2.45) is 5.92 Å². The molecule has 1 atom stereocenters. The lowest BCUT2D eigenvalue weighted by Crippen LogP contribution is -2.41. The van der Waals surface area contributed by atoms with Crippen LogP contribution in [0.5, 0.6) is 5.75 Å². The number of ether oxygens (including phenoxy) is 1. The Labute approximate surface area is 129 Å². The van der Waals surface area contributed by atoms with Crippen molar-refractivity contribution in [3.8, 4) is 5.75 Å². The first-order valence-corrected chi connectivity index (χ1v) is 7.30. The zero-order valence-corrected chi connectivity index (χ0v) is 13.0. The number of methoxy groups -OCH3 is 1. The summed E-state index contributed by atoms with van der Waals surface area (Å²) in [4.78, 5) is 12.5. The molecule has 2 rings (SSSR count). The number of benzene rings is 1. The Kier molecular flexibility index (Phi) is 4.95. The molecule has 0 bridgehead atoms. The summed E-state index contributed by atoms with van der Waals surface area (Å²) in [5.41, 5.74) is 0.640. The molecule has 1 fully saturated rings. The van der Waals surface area contributed by atoms with Crippen molar-refractivity contribution in [1.29, 1.82) is 0 Å². The number of non-ortho nitro benzene ring substituents is 1. The van der Waals surface area contributed by atoms with Crippen LogP contribution in [-0.2, 0) is 0 Å². The Balaban J connectivity index is 2.11. The SMILES string of the molecule is COc1cc([N+](=O)[O-])ccc1NC(=S)N1CCCC(C)C1. The molecule has 1 aromatic carbocycles. The van der Waals surface area contributed by atoms with Crippen LogP contribution in [0.3, 0.4) is 0 Å². The third-order valence-electron chi connectivity index (χ3n) is 3.58. The van der Waals surface area contributed by atoms with Crippen molar-refractivity contribution in [2.45, 2.75) is 19.8 Å². The number of hydrogen-bond acceptors (Lipinski definition) is 4. The highest BCUT2D eigenvalue weighted by Gasteiger charge is 2.20. The average Bonchev–Trinajstić information content (AvgIpc) is 2.47. The number of rotatable bonds is 3. The summed E-state index contributed by atoms with van der Waals surface area (Å²) in [7, 11) is 1.48. The molecule has 1 heterocycles. The van der Waals surface area contributed by atoms with Gasteiger partial charge in [0.1, 0.15) is 5.75 Å². The predicted octanol–water partition coefficient (Wildman–Crippen LogP) is 3.03. The second kappa shape index (κ2) is 6.71. The number of nitro benzene ring substituents is 1. The van der Waals surface area contributed by atoms with Crippen molar-refractivity contribution >= 4 is 28.7 Å². The molecule has 6 nitrogen and oxygen atoms in total. The molecule has 0 spiro atoms. The van der Waals surface area contributed by atoms with Gasteiger partial charge in [-0.3, -0.25) is 10.1 Å². The van der Waals surface area contributed by atoms with E-state index in [1.54, 1.807) is 6.07 Å². The average molecular weight is 309 g/mol. The van der Waals surface area contributed by atoms with Crippen LogP contribution in [0.2, 0.25) is 0 Å². The van der Waals surface area contributed by atoms with E-state index in [9.17, 15) is 10.1 Å². The fourth-order valence-electron chi connectivity index (χ4n) is 2.46. The quantitative estimate of drug-likeness (QED) is 0.526. The van der Waals surface area contributed by atoms with Crippen LogP contribution in [0.1, 0.15) is 19.8 Å². The number of piperidine rings is 1. The van der Waals surface area contributed by atoms with E-state index in [1.165, 1.54) is 25.7 Å². The minimum Gasteiger partial charge on any atom is -0.494 e. The minimum atomic E-state index is -0.447. The number of nitrogens with one attached hydrogen (secondary N) is 1. The highest BCUT2D eigenvalue weighted by atomic mass is 32.1. The van der Waals surface area contributed by atoms with E-state index in [1.807, 2.05) is 0 Å². The lowest BCUT2D eigenvalue weighted by atomic mass is 10.0. The fraction of sp³-hybridized carbons (Fsp3) is 0.500. The molecule has 0 aromatic heterocycles. The van der Waals surface area contributed by atoms with Crippen molar-refractivity contribution < 1.29 is 9.66 Å². The van der Waals surface area contributed by atoms with Gasteiger partial charge in [-0.1, -0.05) is 6.92 Å². The molecule has 0 saturated carbocycles. The number of likely N-dealkylation sites (tertiary alicyclic amines) is 1. The molecule has 21 heavy (non-hydrogen) atoms. The number of hydrogen-bond donors (Lipinski definition) is 1. The highest BCUT2D eigenvalue weighted by molar-refractivity contribution is 7.80. The van der Waals surface area contributed by atoms with Gasteiger partial charge in [-0.05, 0) is 37.0 Å². The van der Waals surface area contributed by atoms with Gasteiger partial charge in [-0.25, -0.2) is 0 Å². The summed E-state index contributed by atoms with van der Waals surface area (Å²) in [6, 6.07) is 4.45. The van der Waals surface area contributed by atoms with Gasteiger partial charge in [0.15, 0.2) is 5.11 Å². The van der Waals surface area contributed by atoms with Crippen LogP contribution in [0.15, 0.2) is 18.2 Å². The summed E-state index contributed by atoms with van der Waals surface area (Å²) in [6.45, 7) is 4.08. The maximum Gasteiger partial charge on any atom is 0.273 e. The molecule has 1 N–H and O–H groups in total. The van der Waals surface area contributed by atoms with Crippen molar-refractivity contribution in [1.82, 2.24) is 4.90 Å². The Morgan fingerprint density at radius 3 is 2.95 bits per heavy atom. The molecular weight excluding hydrogens is 290 g/mol. The van der Waals surface area contributed by atoms with Crippen LogP contribution in [0, 0.1) is 16.0 Å². The fourth-order valence-corrected chi connectivity index (χ4v) is 2.74. The predicted molar refractivity (Wildman–Crippen MR) is 85.8 cm³/mol. The maximum atomic E-state index is 10.8. The van der Waals surface area contributed by atoms with Gasteiger partial charge >= 0.3 is 0 Å².